The van der Waals surface area contributed by atoms with E-state index >= 15 is 0 Å². The molecule has 3 aromatic rings. The number of halogens is 3. The molecule has 1 heterocycles. The molecule has 1 N–H and O–H groups in total. The highest BCUT2D eigenvalue weighted by Crippen LogP contribution is 2.39. The lowest BCUT2D eigenvalue weighted by Gasteiger charge is -2.20. The number of amides is 2. The van der Waals surface area contributed by atoms with Crippen molar-refractivity contribution in [3.8, 4) is 0 Å². The van der Waals surface area contributed by atoms with Crippen LogP contribution in [0.4, 0.5) is 18.0 Å². The molecule has 0 radical (unpaired) electrons. The lowest BCUT2D eigenvalue weighted by Crippen LogP contribution is -2.35. The predicted octanol–water partition coefficient (Wildman–Crippen LogP) is 5.91. The lowest BCUT2D eigenvalue weighted by atomic mass is 10.0. The third-order valence-corrected chi connectivity index (χ3v) is 5.50. The van der Waals surface area contributed by atoms with Crippen molar-refractivity contribution in [2.24, 2.45) is 4.99 Å². The van der Waals surface area contributed by atoms with Crippen LogP contribution in [-0.4, -0.2) is 39.9 Å². The second kappa shape index (κ2) is 9.46. The molecule has 0 bridgehead atoms. The van der Waals surface area contributed by atoms with Gasteiger partial charge in [0.1, 0.15) is 0 Å². The summed E-state index contributed by atoms with van der Waals surface area (Å²) in [6, 6.07) is 21.4. The highest BCUT2D eigenvalue weighted by molar-refractivity contribution is 6.08. The minimum absolute atomic E-state index is 0.212. The molecule has 1 saturated heterocycles. The molecular formula is C26H20F3N3O3. The summed E-state index contributed by atoms with van der Waals surface area (Å²) in [4.78, 5) is 31.6. The summed E-state index contributed by atoms with van der Waals surface area (Å²) in [5.74, 6) is -1.20. The van der Waals surface area contributed by atoms with E-state index in [0.29, 0.717) is 11.8 Å². The Morgan fingerprint density at radius 3 is 2.17 bits per heavy atom. The average molecular weight is 479 g/mol. The van der Waals surface area contributed by atoms with Gasteiger partial charge in [-0.25, -0.2) is 9.69 Å². The van der Waals surface area contributed by atoms with Gasteiger partial charge in [-0.1, -0.05) is 66.7 Å². The Balaban J connectivity index is 1.84. The minimum atomic E-state index is -4.63. The molecule has 4 rings (SSSR count). The standard InChI is InChI=1S/C26H20F3N3O3/c1-31-22(18-11-6-3-7-12-18)21(15-17-9-4-2-5-10-17)32(25(34)35)24(31)30-23(33)19-13-8-14-20(16-19)26(27,28)29/h2-16,22H,1H3,(H,34,35)/b21-15-,30-24+. The molecule has 1 fully saturated rings. The van der Waals surface area contributed by atoms with E-state index in [0.717, 1.165) is 28.2 Å². The molecule has 1 aliphatic heterocycles. The van der Waals surface area contributed by atoms with Crippen molar-refractivity contribution < 1.29 is 27.9 Å². The molecule has 1 aliphatic rings. The number of likely N-dealkylation sites (N-methyl/N-ethyl adjacent to an activating group) is 1. The summed E-state index contributed by atoms with van der Waals surface area (Å²) in [6.45, 7) is 0. The number of guanidine groups is 1. The van der Waals surface area contributed by atoms with Gasteiger partial charge in [0, 0.05) is 12.6 Å². The third-order valence-electron chi connectivity index (χ3n) is 5.50. The van der Waals surface area contributed by atoms with Crippen molar-refractivity contribution in [1.29, 1.82) is 0 Å². The normalized spacial score (nSPS) is 18.3. The van der Waals surface area contributed by atoms with Crippen molar-refractivity contribution in [2.75, 3.05) is 7.05 Å². The van der Waals surface area contributed by atoms with E-state index in [9.17, 15) is 27.9 Å². The van der Waals surface area contributed by atoms with Crippen molar-refractivity contribution in [1.82, 2.24) is 9.80 Å². The van der Waals surface area contributed by atoms with Crippen LogP contribution in [0.25, 0.3) is 6.08 Å². The van der Waals surface area contributed by atoms with E-state index in [1.165, 1.54) is 11.0 Å². The van der Waals surface area contributed by atoms with Gasteiger partial charge in [-0.3, -0.25) is 4.79 Å². The van der Waals surface area contributed by atoms with Crippen molar-refractivity contribution in [2.45, 2.75) is 12.2 Å². The van der Waals surface area contributed by atoms with E-state index in [-0.39, 0.29) is 11.5 Å². The Kier molecular flexibility index (Phi) is 6.42. The summed E-state index contributed by atoms with van der Waals surface area (Å²) >= 11 is 0. The number of carboxylic acid groups (broad SMARTS) is 1. The first kappa shape index (κ1) is 23.7. The fourth-order valence-corrected chi connectivity index (χ4v) is 3.91. The number of rotatable bonds is 3. The van der Waals surface area contributed by atoms with Gasteiger partial charge < -0.3 is 10.0 Å². The summed E-state index contributed by atoms with van der Waals surface area (Å²) in [7, 11) is 1.58. The van der Waals surface area contributed by atoms with Crippen LogP contribution in [0.2, 0.25) is 0 Å². The van der Waals surface area contributed by atoms with Crippen LogP contribution in [0, 0.1) is 0 Å². The number of carbonyl (C=O) groups is 2. The number of carbonyl (C=O) groups excluding carboxylic acids is 1. The number of hydrogen-bond acceptors (Lipinski definition) is 2. The second-order valence-electron chi connectivity index (χ2n) is 7.82. The Morgan fingerprint density at radius 2 is 1.57 bits per heavy atom. The summed E-state index contributed by atoms with van der Waals surface area (Å²) in [5, 5.41) is 10.1. The first-order valence-corrected chi connectivity index (χ1v) is 10.5. The molecule has 3 aromatic carbocycles. The van der Waals surface area contributed by atoms with Gasteiger partial charge in [-0.15, -0.1) is 0 Å². The van der Waals surface area contributed by atoms with Crippen molar-refractivity contribution in [3.05, 3.63) is 113 Å². The number of alkyl halides is 3. The van der Waals surface area contributed by atoms with Gasteiger partial charge in [0.2, 0.25) is 5.96 Å². The number of hydrogen-bond donors (Lipinski definition) is 1. The van der Waals surface area contributed by atoms with Crippen LogP contribution in [0.15, 0.2) is 95.6 Å². The molecule has 35 heavy (non-hydrogen) atoms. The number of benzene rings is 3. The molecule has 1 unspecified atom stereocenters. The minimum Gasteiger partial charge on any atom is -0.464 e. The zero-order valence-corrected chi connectivity index (χ0v) is 18.5. The number of nitrogens with zero attached hydrogens (tertiary/aromatic N) is 3. The van der Waals surface area contributed by atoms with Crippen molar-refractivity contribution in [3.63, 3.8) is 0 Å². The quantitative estimate of drug-likeness (QED) is 0.507. The molecule has 0 aliphatic carbocycles. The Labute approximate surface area is 199 Å². The third kappa shape index (κ3) is 4.93. The Morgan fingerprint density at radius 1 is 0.943 bits per heavy atom. The monoisotopic (exact) mass is 479 g/mol. The molecule has 0 saturated carbocycles. The zero-order chi connectivity index (χ0) is 25.2. The van der Waals surface area contributed by atoms with Gasteiger partial charge in [-0.05, 0) is 35.4 Å². The van der Waals surface area contributed by atoms with E-state index in [2.05, 4.69) is 4.99 Å². The smallest absolute Gasteiger partial charge is 0.418 e. The van der Waals surface area contributed by atoms with Crippen LogP contribution in [0.1, 0.15) is 33.1 Å². The highest BCUT2D eigenvalue weighted by Gasteiger charge is 2.43. The van der Waals surface area contributed by atoms with E-state index in [1.54, 1.807) is 49.5 Å². The summed E-state index contributed by atoms with van der Waals surface area (Å²) in [5.41, 5.74) is 0.509. The summed E-state index contributed by atoms with van der Waals surface area (Å²) in [6.07, 6.45) is -4.34. The first-order chi connectivity index (χ1) is 16.7. The molecular weight excluding hydrogens is 459 g/mol. The van der Waals surface area contributed by atoms with Gasteiger partial charge in [0.15, 0.2) is 0 Å². The number of aliphatic imine (C=N–C) groups is 1. The topological polar surface area (TPSA) is 73.2 Å². The molecule has 2 amide bonds. The Hall–Kier alpha value is -4.40. The first-order valence-electron chi connectivity index (χ1n) is 10.5. The average Bonchev–Trinajstić information content (AvgIpc) is 3.10. The second-order valence-corrected chi connectivity index (χ2v) is 7.82. The van der Waals surface area contributed by atoms with Crippen LogP contribution in [0.5, 0.6) is 0 Å². The maximum Gasteiger partial charge on any atom is 0.418 e. The maximum absolute atomic E-state index is 13.1. The maximum atomic E-state index is 13.1. The van der Waals surface area contributed by atoms with Crippen LogP contribution < -0.4 is 0 Å². The molecule has 0 spiro atoms. The summed E-state index contributed by atoms with van der Waals surface area (Å²) < 4.78 is 39.3. The van der Waals surface area contributed by atoms with E-state index in [4.69, 9.17) is 0 Å². The zero-order valence-electron chi connectivity index (χ0n) is 18.5. The largest absolute Gasteiger partial charge is 0.464 e. The molecule has 178 valence electrons. The van der Waals surface area contributed by atoms with Crippen LogP contribution >= 0.6 is 0 Å². The van der Waals surface area contributed by atoms with Crippen LogP contribution in [-0.2, 0) is 6.18 Å². The Bertz CT molecular complexity index is 1310. The predicted molar refractivity (Wildman–Crippen MR) is 124 cm³/mol. The highest BCUT2D eigenvalue weighted by atomic mass is 19.4. The van der Waals surface area contributed by atoms with E-state index in [1.807, 2.05) is 24.3 Å². The van der Waals surface area contributed by atoms with Gasteiger partial charge in [0.05, 0.1) is 17.3 Å². The molecule has 9 heteroatoms. The molecule has 1 atom stereocenters. The fraction of sp³-hybridized carbons (Fsp3) is 0.115. The van der Waals surface area contributed by atoms with Gasteiger partial charge in [0.25, 0.3) is 5.91 Å². The van der Waals surface area contributed by atoms with E-state index < -0.39 is 29.8 Å². The molecule has 0 aromatic heterocycles. The van der Waals surface area contributed by atoms with Crippen LogP contribution in [0.3, 0.4) is 0 Å². The SMILES string of the molecule is CN1/C(=N\C(=O)c2cccc(C(F)(F)F)c2)N(C(=O)O)/C(=C\c2ccccc2)C1c1ccccc1. The lowest BCUT2D eigenvalue weighted by molar-refractivity contribution is -0.137. The fourth-order valence-electron chi connectivity index (χ4n) is 3.91. The van der Waals surface area contributed by atoms with Gasteiger partial charge >= 0.3 is 12.3 Å². The van der Waals surface area contributed by atoms with Gasteiger partial charge in [-0.2, -0.15) is 18.2 Å². The van der Waals surface area contributed by atoms with Crippen molar-refractivity contribution >= 4 is 24.0 Å². The molecule has 6 nitrogen and oxygen atoms in total.